The maximum absolute atomic E-state index is 5.72. The third kappa shape index (κ3) is 3.58. The molecule has 0 radical (unpaired) electrons. The van der Waals surface area contributed by atoms with Gasteiger partial charge in [-0.1, -0.05) is 34.6 Å². The highest BCUT2D eigenvalue weighted by Crippen LogP contribution is 2.27. The number of rotatable bonds is 3. The Morgan fingerprint density at radius 3 is 2.27 bits per heavy atom. The van der Waals surface area contributed by atoms with Gasteiger partial charge in [0.2, 0.25) is 0 Å². The Labute approximate surface area is 96.9 Å². The van der Waals surface area contributed by atoms with Crippen LogP contribution in [-0.2, 0) is 11.8 Å². The van der Waals surface area contributed by atoms with Crippen molar-refractivity contribution in [2.45, 2.75) is 46.5 Å². The molecule has 1 aromatic heterocycles. The zero-order valence-electron chi connectivity index (χ0n) is 10.4. The number of thiazole rings is 1. The van der Waals surface area contributed by atoms with Crippen LogP contribution >= 0.6 is 11.3 Å². The average Bonchev–Trinajstić information content (AvgIpc) is 2.51. The Balaban J connectivity index is 2.78. The summed E-state index contributed by atoms with van der Waals surface area (Å²) in [6.07, 6.45) is 0.976. The minimum Gasteiger partial charge on any atom is -0.330 e. The van der Waals surface area contributed by atoms with Gasteiger partial charge in [-0.2, -0.15) is 0 Å². The molecule has 3 heteroatoms. The Kier molecular flexibility index (Phi) is 3.56. The Morgan fingerprint density at radius 2 is 1.87 bits per heavy atom. The second-order valence-corrected chi connectivity index (χ2v) is 6.86. The molecule has 0 saturated heterocycles. The van der Waals surface area contributed by atoms with E-state index in [1.807, 2.05) is 0 Å². The first kappa shape index (κ1) is 12.7. The van der Waals surface area contributed by atoms with Gasteiger partial charge in [0.1, 0.15) is 0 Å². The van der Waals surface area contributed by atoms with Crippen LogP contribution in [0.1, 0.15) is 45.3 Å². The quantitative estimate of drug-likeness (QED) is 0.860. The van der Waals surface area contributed by atoms with Crippen molar-refractivity contribution in [1.82, 2.24) is 4.98 Å². The molecule has 0 aliphatic heterocycles. The van der Waals surface area contributed by atoms with Crippen molar-refractivity contribution >= 4 is 11.3 Å². The minimum atomic E-state index is 0.154. The summed E-state index contributed by atoms with van der Waals surface area (Å²) >= 11 is 1.75. The Bertz CT molecular complexity index is 321. The van der Waals surface area contributed by atoms with Gasteiger partial charge in [0, 0.05) is 17.2 Å². The van der Waals surface area contributed by atoms with Gasteiger partial charge < -0.3 is 5.73 Å². The molecular weight excluding hydrogens is 204 g/mol. The number of aromatic nitrogens is 1. The van der Waals surface area contributed by atoms with E-state index in [1.165, 1.54) is 10.7 Å². The molecule has 1 heterocycles. The molecule has 0 bridgehead atoms. The summed E-state index contributed by atoms with van der Waals surface area (Å²) in [7, 11) is 0. The van der Waals surface area contributed by atoms with Crippen LogP contribution in [0.2, 0.25) is 0 Å². The summed E-state index contributed by atoms with van der Waals surface area (Å²) in [6, 6.07) is 0. The van der Waals surface area contributed by atoms with Gasteiger partial charge in [-0.25, -0.2) is 4.98 Å². The maximum Gasteiger partial charge on any atom is 0.0934 e. The standard InChI is InChI=1S/C12H22N2S/c1-11(2,3)9-7-15-10(14-9)6-12(4,5)8-13/h7H,6,8,13H2,1-5H3. The van der Waals surface area contributed by atoms with Crippen LogP contribution in [0.3, 0.4) is 0 Å². The molecular formula is C12H22N2S. The Hall–Kier alpha value is -0.410. The van der Waals surface area contributed by atoms with Crippen LogP contribution in [-0.4, -0.2) is 11.5 Å². The molecule has 0 fully saturated rings. The van der Waals surface area contributed by atoms with Crippen molar-refractivity contribution in [3.05, 3.63) is 16.1 Å². The molecule has 1 aromatic rings. The van der Waals surface area contributed by atoms with Gasteiger partial charge in [0.25, 0.3) is 0 Å². The fraction of sp³-hybridized carbons (Fsp3) is 0.750. The highest BCUT2D eigenvalue weighted by atomic mass is 32.1. The van der Waals surface area contributed by atoms with Gasteiger partial charge in [0.15, 0.2) is 0 Å². The normalized spacial score (nSPS) is 13.2. The molecule has 0 unspecified atom stereocenters. The largest absolute Gasteiger partial charge is 0.330 e. The average molecular weight is 226 g/mol. The molecule has 15 heavy (non-hydrogen) atoms. The van der Waals surface area contributed by atoms with Crippen LogP contribution in [0.4, 0.5) is 0 Å². The zero-order chi connectivity index (χ0) is 11.7. The monoisotopic (exact) mass is 226 g/mol. The molecule has 1 rings (SSSR count). The van der Waals surface area contributed by atoms with E-state index < -0.39 is 0 Å². The smallest absolute Gasteiger partial charge is 0.0934 e. The van der Waals surface area contributed by atoms with Gasteiger partial charge in [0.05, 0.1) is 10.7 Å². The number of hydrogen-bond acceptors (Lipinski definition) is 3. The molecule has 2 N–H and O–H groups in total. The van der Waals surface area contributed by atoms with Crippen LogP contribution in [0.15, 0.2) is 5.38 Å². The van der Waals surface area contributed by atoms with E-state index >= 15 is 0 Å². The SMILES string of the molecule is CC(C)(CN)Cc1nc(C(C)(C)C)cs1. The Morgan fingerprint density at radius 1 is 1.27 bits per heavy atom. The molecule has 2 nitrogen and oxygen atoms in total. The van der Waals surface area contributed by atoms with Crippen molar-refractivity contribution in [1.29, 1.82) is 0 Å². The summed E-state index contributed by atoms with van der Waals surface area (Å²) in [5.74, 6) is 0. The van der Waals surface area contributed by atoms with E-state index in [-0.39, 0.29) is 10.8 Å². The van der Waals surface area contributed by atoms with Crippen molar-refractivity contribution in [2.24, 2.45) is 11.1 Å². The van der Waals surface area contributed by atoms with Crippen LogP contribution in [0.25, 0.3) is 0 Å². The van der Waals surface area contributed by atoms with E-state index in [0.29, 0.717) is 6.54 Å². The van der Waals surface area contributed by atoms with Gasteiger partial charge in [-0.15, -0.1) is 11.3 Å². The van der Waals surface area contributed by atoms with Crippen molar-refractivity contribution in [2.75, 3.05) is 6.54 Å². The van der Waals surface area contributed by atoms with E-state index in [0.717, 1.165) is 6.42 Å². The summed E-state index contributed by atoms with van der Waals surface area (Å²) in [5.41, 5.74) is 7.23. The van der Waals surface area contributed by atoms with E-state index in [9.17, 15) is 0 Å². The lowest BCUT2D eigenvalue weighted by molar-refractivity contribution is 0.375. The molecule has 0 aromatic carbocycles. The lowest BCUT2D eigenvalue weighted by Gasteiger charge is -2.20. The van der Waals surface area contributed by atoms with Crippen LogP contribution in [0, 0.1) is 5.41 Å². The number of nitrogens with two attached hydrogens (primary N) is 1. The summed E-state index contributed by atoms with van der Waals surface area (Å²) in [5, 5.41) is 3.37. The first-order valence-electron chi connectivity index (χ1n) is 5.39. The van der Waals surface area contributed by atoms with Crippen molar-refractivity contribution in [3.63, 3.8) is 0 Å². The summed E-state index contributed by atoms with van der Waals surface area (Å²) < 4.78 is 0. The fourth-order valence-corrected chi connectivity index (χ4v) is 2.50. The second-order valence-electron chi connectivity index (χ2n) is 5.92. The van der Waals surface area contributed by atoms with Crippen molar-refractivity contribution in [3.8, 4) is 0 Å². The molecule has 86 valence electrons. The third-order valence-electron chi connectivity index (χ3n) is 2.50. The highest BCUT2D eigenvalue weighted by molar-refractivity contribution is 7.09. The van der Waals surface area contributed by atoms with E-state index in [2.05, 4.69) is 45.0 Å². The topological polar surface area (TPSA) is 38.9 Å². The number of nitrogens with zero attached hydrogens (tertiary/aromatic N) is 1. The molecule has 0 atom stereocenters. The lowest BCUT2D eigenvalue weighted by atomic mass is 9.90. The molecule has 0 aliphatic rings. The maximum atomic E-state index is 5.72. The van der Waals surface area contributed by atoms with Crippen LogP contribution in [0.5, 0.6) is 0 Å². The number of hydrogen-bond donors (Lipinski definition) is 1. The van der Waals surface area contributed by atoms with Gasteiger partial charge in [-0.05, 0) is 12.0 Å². The zero-order valence-corrected chi connectivity index (χ0v) is 11.2. The minimum absolute atomic E-state index is 0.154. The fourth-order valence-electron chi connectivity index (χ4n) is 1.22. The highest BCUT2D eigenvalue weighted by Gasteiger charge is 2.21. The summed E-state index contributed by atoms with van der Waals surface area (Å²) in [4.78, 5) is 4.68. The van der Waals surface area contributed by atoms with E-state index in [4.69, 9.17) is 5.73 Å². The predicted octanol–water partition coefficient (Wildman–Crippen LogP) is 2.97. The van der Waals surface area contributed by atoms with Crippen LogP contribution < -0.4 is 5.73 Å². The first-order valence-corrected chi connectivity index (χ1v) is 6.27. The molecule has 0 saturated carbocycles. The second kappa shape index (κ2) is 4.22. The molecule has 0 spiro atoms. The first-order chi connectivity index (χ1) is 6.74. The van der Waals surface area contributed by atoms with Crippen molar-refractivity contribution < 1.29 is 0 Å². The summed E-state index contributed by atoms with van der Waals surface area (Å²) in [6.45, 7) is 11.7. The third-order valence-corrected chi connectivity index (χ3v) is 3.35. The predicted molar refractivity (Wildman–Crippen MR) is 67.4 cm³/mol. The molecule has 0 aliphatic carbocycles. The van der Waals surface area contributed by atoms with E-state index in [1.54, 1.807) is 11.3 Å². The van der Waals surface area contributed by atoms with Gasteiger partial charge >= 0.3 is 0 Å². The lowest BCUT2D eigenvalue weighted by Crippen LogP contribution is -2.26. The van der Waals surface area contributed by atoms with Gasteiger partial charge in [-0.3, -0.25) is 0 Å². The molecule has 0 amide bonds.